The Labute approximate surface area is 117 Å². The van der Waals surface area contributed by atoms with E-state index in [0.717, 1.165) is 45.2 Å². The van der Waals surface area contributed by atoms with E-state index in [1.54, 1.807) is 8.61 Å². The standard InChI is InChI=1S/C13H27N3O2S/c1-3-9-16(13-7-8-14-11-13)19(17,18)15-10-5-4-6-12(15)2/h12-14H,3-11H2,1-2H3. The summed E-state index contributed by atoms with van der Waals surface area (Å²) in [5.41, 5.74) is 0. The molecule has 0 spiro atoms. The van der Waals surface area contributed by atoms with Gasteiger partial charge < -0.3 is 5.32 Å². The van der Waals surface area contributed by atoms with Crippen molar-refractivity contribution in [1.29, 1.82) is 0 Å². The predicted molar refractivity (Wildman–Crippen MR) is 77.2 cm³/mol. The summed E-state index contributed by atoms with van der Waals surface area (Å²) in [5.74, 6) is 0. The smallest absolute Gasteiger partial charge is 0.282 e. The van der Waals surface area contributed by atoms with Gasteiger partial charge in [0.1, 0.15) is 0 Å². The van der Waals surface area contributed by atoms with Gasteiger partial charge in [-0.05, 0) is 39.2 Å². The van der Waals surface area contributed by atoms with Gasteiger partial charge in [-0.25, -0.2) is 0 Å². The number of rotatable bonds is 5. The SMILES string of the molecule is CCCN(C1CCNC1)S(=O)(=O)N1CCCCC1C. The third-order valence-electron chi connectivity index (χ3n) is 4.22. The lowest BCUT2D eigenvalue weighted by Crippen LogP contribution is -2.53. The third-order valence-corrected chi connectivity index (χ3v) is 6.43. The molecule has 2 heterocycles. The molecule has 2 saturated heterocycles. The van der Waals surface area contributed by atoms with Gasteiger partial charge in [0.15, 0.2) is 0 Å². The van der Waals surface area contributed by atoms with Gasteiger partial charge in [-0.3, -0.25) is 0 Å². The maximum atomic E-state index is 12.9. The summed E-state index contributed by atoms with van der Waals surface area (Å²) < 4.78 is 29.3. The Balaban J connectivity index is 2.17. The Bertz CT molecular complexity index is 379. The van der Waals surface area contributed by atoms with Crippen molar-refractivity contribution >= 4 is 10.2 Å². The van der Waals surface area contributed by atoms with Crippen molar-refractivity contribution in [2.24, 2.45) is 0 Å². The predicted octanol–water partition coefficient (Wildman–Crippen LogP) is 1.18. The van der Waals surface area contributed by atoms with Crippen LogP contribution in [-0.2, 0) is 10.2 Å². The fraction of sp³-hybridized carbons (Fsp3) is 1.00. The molecule has 112 valence electrons. The van der Waals surface area contributed by atoms with Crippen molar-refractivity contribution in [3.63, 3.8) is 0 Å². The minimum atomic E-state index is -3.29. The van der Waals surface area contributed by atoms with Crippen LogP contribution in [0.2, 0.25) is 0 Å². The average molecular weight is 289 g/mol. The average Bonchev–Trinajstić information content (AvgIpc) is 2.89. The molecule has 2 unspecified atom stereocenters. The zero-order valence-corrected chi connectivity index (χ0v) is 13.0. The van der Waals surface area contributed by atoms with Crippen molar-refractivity contribution < 1.29 is 8.42 Å². The highest BCUT2D eigenvalue weighted by atomic mass is 32.2. The summed E-state index contributed by atoms with van der Waals surface area (Å²) in [5, 5.41) is 3.27. The van der Waals surface area contributed by atoms with Gasteiger partial charge >= 0.3 is 0 Å². The van der Waals surface area contributed by atoms with Crippen LogP contribution in [0, 0.1) is 0 Å². The fourth-order valence-electron chi connectivity index (χ4n) is 3.14. The van der Waals surface area contributed by atoms with Gasteiger partial charge in [-0.2, -0.15) is 17.0 Å². The maximum absolute atomic E-state index is 12.9. The minimum absolute atomic E-state index is 0.138. The van der Waals surface area contributed by atoms with Crippen molar-refractivity contribution in [3.8, 4) is 0 Å². The second kappa shape index (κ2) is 6.52. The summed E-state index contributed by atoms with van der Waals surface area (Å²) >= 11 is 0. The zero-order valence-electron chi connectivity index (χ0n) is 12.1. The summed E-state index contributed by atoms with van der Waals surface area (Å²) in [6.45, 7) is 7.12. The summed E-state index contributed by atoms with van der Waals surface area (Å²) in [6, 6.07) is 0.284. The summed E-state index contributed by atoms with van der Waals surface area (Å²) in [6.07, 6.45) is 4.93. The van der Waals surface area contributed by atoms with Crippen LogP contribution in [0.1, 0.15) is 46.0 Å². The molecule has 1 N–H and O–H groups in total. The molecule has 0 amide bonds. The second-order valence-corrected chi connectivity index (χ2v) is 7.55. The first-order chi connectivity index (χ1) is 9.07. The number of piperidine rings is 1. The molecule has 19 heavy (non-hydrogen) atoms. The molecular weight excluding hydrogens is 262 g/mol. The topological polar surface area (TPSA) is 52.7 Å². The van der Waals surface area contributed by atoms with Gasteiger partial charge in [0, 0.05) is 31.7 Å². The van der Waals surface area contributed by atoms with Crippen LogP contribution in [-0.4, -0.2) is 55.3 Å². The molecule has 6 heteroatoms. The van der Waals surface area contributed by atoms with Crippen LogP contribution >= 0.6 is 0 Å². The lowest BCUT2D eigenvalue weighted by molar-refractivity contribution is 0.230. The Kier molecular flexibility index (Phi) is 5.22. The Morgan fingerprint density at radius 3 is 2.68 bits per heavy atom. The van der Waals surface area contributed by atoms with Crippen LogP contribution in [0.3, 0.4) is 0 Å². The van der Waals surface area contributed by atoms with Crippen LogP contribution in [0.15, 0.2) is 0 Å². The number of hydrogen-bond donors (Lipinski definition) is 1. The highest BCUT2D eigenvalue weighted by molar-refractivity contribution is 7.86. The normalized spacial score (nSPS) is 30.1. The highest BCUT2D eigenvalue weighted by Gasteiger charge is 2.38. The lowest BCUT2D eigenvalue weighted by atomic mass is 10.1. The van der Waals surface area contributed by atoms with E-state index in [4.69, 9.17) is 0 Å². The molecule has 0 bridgehead atoms. The highest BCUT2D eigenvalue weighted by Crippen LogP contribution is 2.25. The maximum Gasteiger partial charge on any atom is 0.282 e. The van der Waals surface area contributed by atoms with E-state index in [-0.39, 0.29) is 12.1 Å². The summed E-state index contributed by atoms with van der Waals surface area (Å²) in [7, 11) is -3.29. The fourth-order valence-corrected chi connectivity index (χ4v) is 5.30. The first kappa shape index (κ1) is 15.2. The molecule has 5 nitrogen and oxygen atoms in total. The van der Waals surface area contributed by atoms with Crippen molar-refractivity contribution in [1.82, 2.24) is 13.9 Å². The Morgan fingerprint density at radius 2 is 2.11 bits per heavy atom. The monoisotopic (exact) mass is 289 g/mol. The first-order valence-corrected chi connectivity index (χ1v) is 8.96. The molecule has 0 aliphatic carbocycles. The van der Waals surface area contributed by atoms with Gasteiger partial charge in [0.2, 0.25) is 0 Å². The molecule has 0 radical (unpaired) electrons. The van der Waals surface area contributed by atoms with Crippen LogP contribution < -0.4 is 5.32 Å². The lowest BCUT2D eigenvalue weighted by Gasteiger charge is -2.38. The van der Waals surface area contributed by atoms with E-state index < -0.39 is 10.2 Å². The first-order valence-electron chi connectivity index (χ1n) is 7.56. The van der Waals surface area contributed by atoms with Crippen LogP contribution in [0.4, 0.5) is 0 Å². The van der Waals surface area contributed by atoms with E-state index in [1.165, 1.54) is 0 Å². The molecule has 0 aromatic heterocycles. The largest absolute Gasteiger partial charge is 0.315 e. The zero-order chi connectivity index (χ0) is 13.9. The molecule has 2 atom stereocenters. The van der Waals surface area contributed by atoms with Gasteiger partial charge in [-0.15, -0.1) is 0 Å². The van der Waals surface area contributed by atoms with E-state index in [2.05, 4.69) is 5.32 Å². The summed E-state index contributed by atoms with van der Waals surface area (Å²) in [4.78, 5) is 0. The second-order valence-electron chi connectivity index (χ2n) is 5.72. The van der Waals surface area contributed by atoms with Gasteiger partial charge in [0.05, 0.1) is 0 Å². The number of nitrogens with zero attached hydrogens (tertiary/aromatic N) is 2. The molecule has 2 fully saturated rings. The van der Waals surface area contributed by atoms with Crippen molar-refractivity contribution in [2.45, 2.75) is 58.0 Å². The van der Waals surface area contributed by atoms with Crippen molar-refractivity contribution in [3.05, 3.63) is 0 Å². The Hall–Kier alpha value is -0.170. The third kappa shape index (κ3) is 3.29. The molecule has 0 aromatic rings. The van der Waals surface area contributed by atoms with Crippen LogP contribution in [0.5, 0.6) is 0 Å². The quantitative estimate of drug-likeness (QED) is 0.827. The molecule has 0 aromatic carbocycles. The van der Waals surface area contributed by atoms with Crippen molar-refractivity contribution in [2.75, 3.05) is 26.2 Å². The van der Waals surface area contributed by atoms with Gasteiger partial charge in [-0.1, -0.05) is 13.3 Å². The van der Waals surface area contributed by atoms with Gasteiger partial charge in [0.25, 0.3) is 10.2 Å². The molecule has 2 aliphatic heterocycles. The molecule has 2 aliphatic rings. The van der Waals surface area contributed by atoms with E-state index >= 15 is 0 Å². The number of nitrogens with one attached hydrogen (secondary N) is 1. The Morgan fingerprint density at radius 1 is 1.32 bits per heavy atom. The van der Waals surface area contributed by atoms with E-state index in [0.29, 0.717) is 13.1 Å². The molecular formula is C13H27N3O2S. The molecule has 0 saturated carbocycles. The van der Waals surface area contributed by atoms with Crippen LogP contribution in [0.25, 0.3) is 0 Å². The van der Waals surface area contributed by atoms with E-state index in [9.17, 15) is 8.42 Å². The number of hydrogen-bond acceptors (Lipinski definition) is 3. The van der Waals surface area contributed by atoms with E-state index in [1.807, 2.05) is 13.8 Å². The minimum Gasteiger partial charge on any atom is -0.315 e. The molecule has 2 rings (SSSR count).